The van der Waals surface area contributed by atoms with Crippen LogP contribution >= 0.6 is 38.6 Å². The van der Waals surface area contributed by atoms with Crippen molar-refractivity contribution in [1.29, 1.82) is 0 Å². The lowest BCUT2D eigenvalue weighted by Gasteiger charge is -2.11. The Morgan fingerprint density at radius 2 is 2.18 bits per heavy atom. The van der Waals surface area contributed by atoms with Crippen LogP contribution in [0.3, 0.4) is 0 Å². The monoisotopic (exact) mass is 393 g/mol. The molecular weight excluding hydrogens is 382 g/mol. The van der Waals surface area contributed by atoms with Gasteiger partial charge in [-0.05, 0) is 41.1 Å². The molecule has 0 aromatic carbocycles. The van der Waals surface area contributed by atoms with Crippen molar-refractivity contribution in [3.8, 4) is 9.88 Å². The van der Waals surface area contributed by atoms with E-state index in [4.69, 9.17) is 0 Å². The first-order valence-corrected chi connectivity index (χ1v) is 9.10. The van der Waals surface area contributed by atoms with Crippen LogP contribution in [0.4, 0.5) is 0 Å². The molecule has 1 N–H and O–H groups in total. The summed E-state index contributed by atoms with van der Waals surface area (Å²) in [5.41, 5.74) is 1.26. The van der Waals surface area contributed by atoms with Gasteiger partial charge >= 0.3 is 0 Å². The van der Waals surface area contributed by atoms with Gasteiger partial charge in [0.25, 0.3) is 5.91 Å². The zero-order valence-corrected chi connectivity index (χ0v) is 14.8. The predicted octanol–water partition coefficient (Wildman–Crippen LogP) is 4.52. The van der Waals surface area contributed by atoms with E-state index in [2.05, 4.69) is 31.2 Å². The van der Waals surface area contributed by atoms with E-state index >= 15 is 0 Å². The highest BCUT2D eigenvalue weighted by atomic mass is 79.9. The molecule has 112 valence electrons. The number of thiazole rings is 1. The molecule has 0 saturated carbocycles. The number of thiophene rings is 1. The van der Waals surface area contributed by atoms with Crippen LogP contribution in [0.1, 0.15) is 29.1 Å². The fourth-order valence-electron chi connectivity index (χ4n) is 1.89. The predicted molar refractivity (Wildman–Crippen MR) is 93.2 cm³/mol. The van der Waals surface area contributed by atoms with Gasteiger partial charge in [0.05, 0.1) is 16.6 Å². The third-order valence-electron chi connectivity index (χ3n) is 2.99. The van der Waals surface area contributed by atoms with Gasteiger partial charge in [0.1, 0.15) is 10.7 Å². The van der Waals surface area contributed by atoms with Gasteiger partial charge in [0.15, 0.2) is 0 Å². The molecule has 3 heterocycles. The Bertz CT molecular complexity index is 785. The van der Waals surface area contributed by atoms with Crippen LogP contribution in [-0.4, -0.2) is 15.9 Å². The van der Waals surface area contributed by atoms with Crippen LogP contribution in [0.15, 0.2) is 45.7 Å². The van der Waals surface area contributed by atoms with Crippen LogP contribution in [0.2, 0.25) is 0 Å². The molecule has 0 aliphatic carbocycles. The van der Waals surface area contributed by atoms with Crippen LogP contribution in [0.25, 0.3) is 9.88 Å². The van der Waals surface area contributed by atoms with Gasteiger partial charge in [-0.3, -0.25) is 9.78 Å². The first-order chi connectivity index (χ1) is 10.6. The van der Waals surface area contributed by atoms with Crippen molar-refractivity contribution in [3.05, 3.63) is 57.1 Å². The van der Waals surface area contributed by atoms with E-state index in [0.29, 0.717) is 5.69 Å². The largest absolute Gasteiger partial charge is 0.343 e. The average molecular weight is 394 g/mol. The molecule has 1 unspecified atom stereocenters. The number of rotatable bonds is 4. The number of carbonyl (C=O) groups is 1. The number of hydrogen-bond acceptors (Lipinski definition) is 5. The van der Waals surface area contributed by atoms with Gasteiger partial charge in [-0.2, -0.15) is 0 Å². The summed E-state index contributed by atoms with van der Waals surface area (Å²) in [4.78, 5) is 22.0. The van der Waals surface area contributed by atoms with Gasteiger partial charge in [-0.15, -0.1) is 22.7 Å². The number of carbonyl (C=O) groups excluding carboxylic acids is 1. The molecule has 0 saturated heterocycles. The number of amides is 1. The van der Waals surface area contributed by atoms with Crippen molar-refractivity contribution in [1.82, 2.24) is 15.3 Å². The molecular formula is C15H12BrN3OS2. The molecule has 0 radical (unpaired) electrons. The maximum atomic E-state index is 12.3. The van der Waals surface area contributed by atoms with Gasteiger partial charge in [-0.1, -0.05) is 6.07 Å². The number of aromatic nitrogens is 2. The molecule has 7 heteroatoms. The SMILES string of the molecule is CC(NC(=O)c1csc(-c2cc(Br)cs2)n1)c1ccccn1. The Morgan fingerprint density at radius 3 is 2.86 bits per heavy atom. The minimum Gasteiger partial charge on any atom is -0.343 e. The van der Waals surface area contributed by atoms with Crippen LogP contribution in [0, 0.1) is 0 Å². The summed E-state index contributed by atoms with van der Waals surface area (Å²) in [5.74, 6) is -0.184. The normalized spacial score (nSPS) is 12.1. The summed E-state index contributed by atoms with van der Waals surface area (Å²) in [7, 11) is 0. The number of hydrogen-bond donors (Lipinski definition) is 1. The average Bonchev–Trinajstić information content (AvgIpc) is 3.16. The van der Waals surface area contributed by atoms with Crippen molar-refractivity contribution in [2.45, 2.75) is 13.0 Å². The summed E-state index contributed by atoms with van der Waals surface area (Å²) >= 11 is 6.49. The molecule has 0 aliphatic rings. The van der Waals surface area contributed by atoms with Crippen molar-refractivity contribution in [2.24, 2.45) is 0 Å². The maximum absolute atomic E-state index is 12.3. The minimum absolute atomic E-state index is 0.158. The second-order valence-corrected chi connectivity index (χ2v) is 7.30. The van der Waals surface area contributed by atoms with Crippen LogP contribution in [0.5, 0.6) is 0 Å². The zero-order chi connectivity index (χ0) is 15.5. The van der Waals surface area contributed by atoms with Crippen LogP contribution in [-0.2, 0) is 0 Å². The lowest BCUT2D eigenvalue weighted by Crippen LogP contribution is -2.27. The Balaban J connectivity index is 1.72. The molecule has 4 nitrogen and oxygen atoms in total. The number of nitrogens with zero attached hydrogens (tertiary/aromatic N) is 2. The maximum Gasteiger partial charge on any atom is 0.271 e. The molecule has 0 aliphatic heterocycles. The summed E-state index contributed by atoms with van der Waals surface area (Å²) in [6.07, 6.45) is 1.72. The summed E-state index contributed by atoms with van der Waals surface area (Å²) in [5, 5.41) is 7.55. The fraction of sp³-hybridized carbons (Fsp3) is 0.133. The first kappa shape index (κ1) is 15.3. The number of pyridine rings is 1. The quantitative estimate of drug-likeness (QED) is 0.708. The first-order valence-electron chi connectivity index (χ1n) is 6.55. The highest BCUT2D eigenvalue weighted by Gasteiger charge is 2.16. The Kier molecular flexibility index (Phi) is 4.66. The zero-order valence-electron chi connectivity index (χ0n) is 11.6. The van der Waals surface area contributed by atoms with Crippen molar-refractivity contribution in [2.75, 3.05) is 0 Å². The molecule has 0 fully saturated rings. The lowest BCUT2D eigenvalue weighted by molar-refractivity contribution is 0.0935. The Morgan fingerprint density at radius 1 is 1.32 bits per heavy atom. The number of halogens is 1. The molecule has 1 atom stereocenters. The molecule has 3 rings (SSSR count). The van der Waals surface area contributed by atoms with E-state index in [9.17, 15) is 4.79 Å². The molecule has 3 aromatic rings. The second-order valence-electron chi connectivity index (χ2n) is 4.62. The van der Waals surface area contributed by atoms with E-state index in [-0.39, 0.29) is 11.9 Å². The Labute approximate surface area is 144 Å². The van der Waals surface area contributed by atoms with Crippen molar-refractivity contribution < 1.29 is 4.79 Å². The van der Waals surface area contributed by atoms with Gasteiger partial charge < -0.3 is 5.32 Å². The van der Waals surface area contributed by atoms with Gasteiger partial charge in [-0.25, -0.2) is 4.98 Å². The fourth-order valence-corrected chi connectivity index (χ4v) is 4.20. The third kappa shape index (κ3) is 3.43. The topological polar surface area (TPSA) is 54.9 Å². The van der Waals surface area contributed by atoms with E-state index in [0.717, 1.165) is 20.1 Å². The van der Waals surface area contributed by atoms with E-state index < -0.39 is 0 Å². The smallest absolute Gasteiger partial charge is 0.271 e. The van der Waals surface area contributed by atoms with Gasteiger partial charge in [0.2, 0.25) is 0 Å². The van der Waals surface area contributed by atoms with E-state index in [1.165, 1.54) is 11.3 Å². The second kappa shape index (κ2) is 6.68. The summed E-state index contributed by atoms with van der Waals surface area (Å²) in [6, 6.07) is 7.49. The standard InChI is InChI=1S/C15H12BrN3OS2/c1-9(11-4-2-3-5-17-11)18-14(20)12-8-22-15(19-12)13-6-10(16)7-21-13/h2-9H,1H3,(H,18,20). The van der Waals surface area contributed by atoms with E-state index in [1.54, 1.807) is 22.9 Å². The highest BCUT2D eigenvalue weighted by molar-refractivity contribution is 9.10. The van der Waals surface area contributed by atoms with Crippen molar-refractivity contribution >= 4 is 44.5 Å². The highest BCUT2D eigenvalue weighted by Crippen LogP contribution is 2.32. The third-order valence-corrected chi connectivity index (χ3v) is 5.70. The van der Waals surface area contributed by atoms with Gasteiger partial charge in [0, 0.05) is 21.4 Å². The molecule has 0 spiro atoms. The summed E-state index contributed by atoms with van der Waals surface area (Å²) in [6.45, 7) is 1.91. The summed E-state index contributed by atoms with van der Waals surface area (Å²) < 4.78 is 1.03. The molecule has 22 heavy (non-hydrogen) atoms. The Hall–Kier alpha value is -1.57. The lowest BCUT2D eigenvalue weighted by atomic mass is 10.2. The van der Waals surface area contributed by atoms with Crippen LogP contribution < -0.4 is 5.32 Å². The molecule has 0 bridgehead atoms. The van der Waals surface area contributed by atoms with E-state index in [1.807, 2.05) is 36.6 Å². The molecule has 1 amide bonds. The minimum atomic E-state index is -0.184. The van der Waals surface area contributed by atoms with Crippen molar-refractivity contribution in [3.63, 3.8) is 0 Å². The number of nitrogens with one attached hydrogen (secondary N) is 1. The molecule has 3 aromatic heterocycles.